The van der Waals surface area contributed by atoms with E-state index < -0.39 is 239 Å². The molecule has 0 spiro atoms. The van der Waals surface area contributed by atoms with E-state index in [1.54, 1.807) is 0 Å². The molecule has 34 atom stereocenters. The molecule has 6 saturated heterocycles. The Labute approximate surface area is 545 Å². The van der Waals surface area contributed by atoms with Crippen molar-refractivity contribution in [2.75, 3.05) is 39.6 Å². The number of carboxylic acids is 1. The summed E-state index contributed by atoms with van der Waals surface area (Å²) in [5, 5.41) is 186. The van der Waals surface area contributed by atoms with Crippen LogP contribution in [0.3, 0.4) is 0 Å². The van der Waals surface area contributed by atoms with Gasteiger partial charge < -0.3 is 144 Å². The summed E-state index contributed by atoms with van der Waals surface area (Å²) in [6.45, 7) is 15.2. The average molecular weight is 1350 g/mol. The van der Waals surface area contributed by atoms with E-state index in [-0.39, 0.29) is 11.8 Å². The molecule has 6 heterocycles. The number of hydrogen-bond donors (Lipinski definition) is 17. The summed E-state index contributed by atoms with van der Waals surface area (Å²) in [5.41, 5.74) is 0.962. The smallest absolute Gasteiger partial charge is 0.314 e. The number of rotatable bonds is 21. The van der Waals surface area contributed by atoms with Crippen molar-refractivity contribution in [3.05, 3.63) is 23.3 Å². The fourth-order valence-electron chi connectivity index (χ4n) is 17.7. The van der Waals surface area contributed by atoms with Gasteiger partial charge in [0, 0.05) is 0 Å². The molecular weight excluding hydrogens is 1250 g/mol. The Hall–Kier alpha value is -2.17. The maximum Gasteiger partial charge on any atom is 0.314 e. The first-order chi connectivity index (χ1) is 44.3. The van der Waals surface area contributed by atoms with Crippen LogP contribution in [-0.2, 0) is 61.6 Å². The van der Waals surface area contributed by atoms with Crippen LogP contribution in [-0.4, -0.2) is 304 Å². The minimum absolute atomic E-state index is 0.0318. The third kappa shape index (κ3) is 13.4. The van der Waals surface area contributed by atoms with Gasteiger partial charge in [0.1, 0.15) is 128 Å². The molecule has 10 rings (SSSR count). The minimum Gasteiger partial charge on any atom is -0.481 e. The predicted octanol–water partition coefficient (Wildman–Crippen LogP) is -3.35. The molecule has 540 valence electrons. The predicted molar refractivity (Wildman–Crippen MR) is 317 cm³/mol. The van der Waals surface area contributed by atoms with E-state index in [1.807, 2.05) is 0 Å². The molecule has 10 aliphatic rings. The molecule has 0 aromatic carbocycles. The maximum absolute atomic E-state index is 14.1. The quantitative estimate of drug-likeness (QED) is 0.0499. The summed E-state index contributed by atoms with van der Waals surface area (Å²) in [5.74, 6) is 0.103. The van der Waals surface area contributed by atoms with Crippen LogP contribution in [0.4, 0.5) is 0 Å². The Bertz CT molecular complexity index is 2600. The molecule has 94 heavy (non-hydrogen) atoms. The maximum atomic E-state index is 14.1. The monoisotopic (exact) mass is 1350 g/mol. The number of ether oxygens (including phenoxy) is 12. The Morgan fingerprint density at radius 1 is 0.511 bits per heavy atom. The Morgan fingerprint density at radius 2 is 1.04 bits per heavy atom. The van der Waals surface area contributed by atoms with Crippen LogP contribution >= 0.6 is 0 Å². The number of allylic oxidation sites excluding steroid dienone is 2. The zero-order valence-electron chi connectivity index (χ0n) is 54.4. The SMILES string of the molecule is C=C(CC[C@@H](C)[C@H]1CC[C@@]2(C(=O)O)C3=C(CC[C@]12C)[C@@]1(C)CC[C@H](O[C@@H]2OC[C@H](O)[C@H](O[C@@H]4OC[C@H](OC5O[C@H](CO)[C@H](O[C@@H]6O[C@H](CO)[C@@H](O)[C@H](O)[C@H]6O[C@@H]6OC[C@@H](O)[C@H](O)[C@H]6O)[C@H](O)[C@H]5O)[C@H](O)[C@H]4O)[C@H]2O[C@@H]2O[C@H](CO)[C@@H](O)[C@H](O)[C@H]2O)C(C)(C)[C@H]1CC3)C(C)C. The van der Waals surface area contributed by atoms with E-state index in [0.29, 0.717) is 43.9 Å². The molecular formula is C64H104O30. The molecule has 30 nitrogen and oxygen atoms in total. The molecule has 8 fully saturated rings. The Kier molecular flexibility index (Phi) is 23.3. The van der Waals surface area contributed by atoms with E-state index in [9.17, 15) is 91.6 Å². The molecule has 0 radical (unpaired) electrons. The zero-order valence-corrected chi connectivity index (χ0v) is 54.4. The molecule has 0 amide bonds. The first-order valence-corrected chi connectivity index (χ1v) is 33.4. The van der Waals surface area contributed by atoms with E-state index in [1.165, 1.54) is 11.1 Å². The number of aliphatic hydroxyl groups excluding tert-OH is 16. The van der Waals surface area contributed by atoms with Crippen LogP contribution < -0.4 is 0 Å². The van der Waals surface area contributed by atoms with Crippen molar-refractivity contribution in [1.29, 1.82) is 0 Å². The minimum atomic E-state index is -2.10. The van der Waals surface area contributed by atoms with E-state index in [2.05, 4.69) is 55.0 Å². The van der Waals surface area contributed by atoms with Gasteiger partial charge >= 0.3 is 5.97 Å². The average Bonchev–Trinajstić information content (AvgIpc) is 1.34. The lowest BCUT2D eigenvalue weighted by Gasteiger charge is -2.62. The molecule has 0 aromatic heterocycles. The number of hydrogen-bond acceptors (Lipinski definition) is 29. The fourth-order valence-corrected chi connectivity index (χ4v) is 17.7. The second-order valence-corrected chi connectivity index (χ2v) is 29.4. The van der Waals surface area contributed by atoms with Gasteiger partial charge in [-0.2, -0.15) is 0 Å². The molecule has 4 aliphatic carbocycles. The standard InChI is InChI=1S/C64H104O30/c1-25(2)26(3)9-10-27(4)28-14-18-64(60(81)82)30-11-12-37-61(5,6)38(15-16-62(37,7)29(30)13-17-63(28,64)8)90-58-53(94-57-48(79)43(74)40(71)33(19-65)86-57)50(32(69)23-84-58)91-55-47(78)42(73)36(24-85-55)89-56-49(80)45(76)51(35(21-67)88-56)92-59-52(44(75)41(72)34(20-66)87-59)93-54-46(77)39(70)31(68)22-83-54/h25,27-28,31-59,65-80H,3,9-24H2,1-2,4-8H3,(H,81,82)/t27-,28-,31-,32+,33-,34-,35-,36+,37-,38+,39+,40-,41-,42+,43+,44+,45-,46-,47-,48-,49-,50+,51+,52-,53-,54+,55+,56?,57+,58+,59+,62-,63-,64+/m1/s1. The van der Waals surface area contributed by atoms with Gasteiger partial charge in [-0.1, -0.05) is 71.8 Å². The zero-order chi connectivity index (χ0) is 68.6. The number of aliphatic carboxylic acids is 1. The lowest BCUT2D eigenvalue weighted by molar-refractivity contribution is -0.395. The highest BCUT2D eigenvalue weighted by Crippen LogP contribution is 2.73. The summed E-state index contributed by atoms with van der Waals surface area (Å²) >= 11 is 0. The van der Waals surface area contributed by atoms with Crippen LogP contribution in [0.25, 0.3) is 0 Å². The van der Waals surface area contributed by atoms with E-state index in [0.717, 1.165) is 37.7 Å². The summed E-state index contributed by atoms with van der Waals surface area (Å²) in [7, 11) is 0. The Morgan fingerprint density at radius 3 is 1.69 bits per heavy atom. The van der Waals surface area contributed by atoms with Gasteiger partial charge in [-0.05, 0) is 104 Å². The third-order valence-corrected chi connectivity index (χ3v) is 23.5. The third-order valence-electron chi connectivity index (χ3n) is 23.5. The van der Waals surface area contributed by atoms with Crippen molar-refractivity contribution >= 4 is 5.97 Å². The largest absolute Gasteiger partial charge is 0.481 e. The summed E-state index contributed by atoms with van der Waals surface area (Å²) in [4.78, 5) is 14.1. The Balaban J connectivity index is 0.835. The van der Waals surface area contributed by atoms with Crippen molar-refractivity contribution in [3.63, 3.8) is 0 Å². The highest BCUT2D eigenvalue weighted by Gasteiger charge is 2.69. The van der Waals surface area contributed by atoms with Crippen LogP contribution in [0.5, 0.6) is 0 Å². The number of carboxylic acid groups (broad SMARTS) is 1. The number of carbonyl (C=O) groups is 1. The second kappa shape index (κ2) is 29.4. The molecule has 17 N–H and O–H groups in total. The number of fused-ring (bicyclic) bond motifs is 4. The summed E-state index contributed by atoms with van der Waals surface area (Å²) in [6, 6.07) is 0. The molecule has 2 saturated carbocycles. The van der Waals surface area contributed by atoms with Crippen molar-refractivity contribution < 1.29 is 148 Å². The highest BCUT2D eigenvalue weighted by molar-refractivity contribution is 5.82. The van der Waals surface area contributed by atoms with Gasteiger partial charge in [-0.3, -0.25) is 4.79 Å². The van der Waals surface area contributed by atoms with Crippen molar-refractivity contribution in [2.45, 2.75) is 285 Å². The summed E-state index contributed by atoms with van der Waals surface area (Å²) < 4.78 is 71.9. The molecule has 0 bridgehead atoms. The first kappa shape index (κ1) is 74.5. The van der Waals surface area contributed by atoms with Gasteiger partial charge in [0.15, 0.2) is 37.7 Å². The molecule has 30 heteroatoms. The lowest BCUT2D eigenvalue weighted by atomic mass is 9.43. The van der Waals surface area contributed by atoms with Gasteiger partial charge in [0.25, 0.3) is 0 Å². The van der Waals surface area contributed by atoms with Crippen LogP contribution in [0, 0.1) is 45.3 Å². The van der Waals surface area contributed by atoms with E-state index >= 15 is 0 Å². The lowest BCUT2D eigenvalue weighted by Crippen LogP contribution is -2.67. The molecule has 1 unspecified atom stereocenters. The van der Waals surface area contributed by atoms with Crippen LogP contribution in [0.15, 0.2) is 23.3 Å². The van der Waals surface area contributed by atoms with Gasteiger partial charge in [-0.25, -0.2) is 0 Å². The van der Waals surface area contributed by atoms with Gasteiger partial charge in [-0.15, -0.1) is 0 Å². The first-order valence-electron chi connectivity index (χ1n) is 33.4. The fraction of sp³-hybridized carbons (Fsp3) is 0.922. The molecule has 0 aromatic rings. The highest BCUT2D eigenvalue weighted by atomic mass is 16.8. The van der Waals surface area contributed by atoms with Gasteiger partial charge in [0.05, 0.1) is 51.2 Å². The van der Waals surface area contributed by atoms with E-state index in [4.69, 9.17) is 56.8 Å². The van der Waals surface area contributed by atoms with Gasteiger partial charge in [0.2, 0.25) is 0 Å². The van der Waals surface area contributed by atoms with Crippen molar-refractivity contribution in [2.24, 2.45) is 45.3 Å². The topological polar surface area (TPSA) is 472 Å². The molecule has 6 aliphatic heterocycles. The summed E-state index contributed by atoms with van der Waals surface area (Å²) in [6.07, 6.45) is -41.8. The van der Waals surface area contributed by atoms with Crippen LogP contribution in [0.1, 0.15) is 113 Å². The van der Waals surface area contributed by atoms with Crippen molar-refractivity contribution in [3.8, 4) is 0 Å². The second-order valence-electron chi connectivity index (χ2n) is 29.4. The normalized spacial score (nSPS) is 50.2. The number of aliphatic hydroxyl groups is 16. The van der Waals surface area contributed by atoms with Crippen LogP contribution in [0.2, 0.25) is 0 Å². The van der Waals surface area contributed by atoms with Crippen molar-refractivity contribution in [1.82, 2.24) is 0 Å².